The Morgan fingerprint density at radius 3 is 2.81 bits per heavy atom. The molecule has 0 aliphatic rings. The van der Waals surface area contributed by atoms with Gasteiger partial charge < -0.3 is 0 Å². The van der Waals surface area contributed by atoms with Crippen LogP contribution in [0.1, 0.15) is 26.6 Å². The van der Waals surface area contributed by atoms with E-state index in [1.165, 1.54) is 11.3 Å². The highest BCUT2D eigenvalue weighted by atomic mass is 35.5. The van der Waals surface area contributed by atoms with Gasteiger partial charge in [-0.1, -0.05) is 11.6 Å². The zero-order valence-electron chi connectivity index (χ0n) is 9.03. The van der Waals surface area contributed by atoms with Crippen LogP contribution in [0.2, 0.25) is 5.02 Å². The second-order valence-corrected chi connectivity index (χ2v) is 4.94. The maximum atomic E-state index is 10.6. The van der Waals surface area contributed by atoms with Crippen molar-refractivity contribution in [2.45, 2.75) is 20.4 Å². The monoisotopic (exact) mass is 254 g/mol. The summed E-state index contributed by atoms with van der Waals surface area (Å²) in [5.74, 6) is 0. The summed E-state index contributed by atoms with van der Waals surface area (Å²) in [4.78, 5) is 11.3. The van der Waals surface area contributed by atoms with E-state index in [-0.39, 0.29) is 0 Å². The van der Waals surface area contributed by atoms with E-state index < -0.39 is 0 Å². The lowest BCUT2D eigenvalue weighted by Gasteiger charge is -2.01. The van der Waals surface area contributed by atoms with E-state index in [2.05, 4.69) is 5.10 Å². The first-order chi connectivity index (χ1) is 7.61. The van der Waals surface area contributed by atoms with E-state index in [1.807, 2.05) is 30.0 Å². The molecule has 0 radical (unpaired) electrons. The molecule has 0 atom stereocenters. The number of thiophene rings is 1. The van der Waals surface area contributed by atoms with Crippen molar-refractivity contribution in [3.8, 4) is 0 Å². The smallest absolute Gasteiger partial charge is 0.160 e. The molecule has 3 nitrogen and oxygen atoms in total. The molecule has 2 aromatic rings. The van der Waals surface area contributed by atoms with E-state index in [1.54, 1.807) is 0 Å². The molecule has 5 heteroatoms. The van der Waals surface area contributed by atoms with Crippen LogP contribution in [0.15, 0.2) is 11.4 Å². The Hall–Kier alpha value is -1.13. The summed E-state index contributed by atoms with van der Waals surface area (Å²) in [5, 5.41) is 7.02. The minimum absolute atomic E-state index is 0.656. The Labute approximate surface area is 103 Å². The van der Waals surface area contributed by atoms with Gasteiger partial charge in [0.05, 0.1) is 27.8 Å². The summed E-state index contributed by atoms with van der Waals surface area (Å²) >= 11 is 7.50. The summed E-state index contributed by atoms with van der Waals surface area (Å²) in [5.41, 5.74) is 2.87. The molecule has 2 aromatic heterocycles. The molecule has 0 N–H and O–H groups in total. The zero-order valence-corrected chi connectivity index (χ0v) is 10.6. The van der Waals surface area contributed by atoms with Crippen LogP contribution in [0.4, 0.5) is 0 Å². The normalized spacial score (nSPS) is 10.7. The van der Waals surface area contributed by atoms with E-state index >= 15 is 0 Å². The van der Waals surface area contributed by atoms with Gasteiger partial charge in [0.25, 0.3) is 0 Å². The number of aldehydes is 1. The number of carbonyl (C=O) groups is 1. The molecule has 0 unspecified atom stereocenters. The first kappa shape index (κ1) is 11.4. The molecule has 2 heterocycles. The van der Waals surface area contributed by atoms with Crippen LogP contribution in [0, 0.1) is 13.8 Å². The van der Waals surface area contributed by atoms with Gasteiger partial charge in [-0.2, -0.15) is 5.10 Å². The third-order valence-electron chi connectivity index (χ3n) is 2.42. The number of aromatic nitrogens is 2. The molecule has 0 fully saturated rings. The highest BCUT2D eigenvalue weighted by molar-refractivity contribution is 7.11. The summed E-state index contributed by atoms with van der Waals surface area (Å²) < 4.78 is 1.86. The number of nitrogens with zero attached hydrogens (tertiary/aromatic N) is 2. The van der Waals surface area contributed by atoms with Crippen LogP contribution in [0.3, 0.4) is 0 Å². The van der Waals surface area contributed by atoms with Gasteiger partial charge in [0, 0.05) is 0 Å². The number of aryl methyl sites for hydroxylation is 1. The van der Waals surface area contributed by atoms with Gasteiger partial charge in [-0.25, -0.2) is 0 Å². The summed E-state index contributed by atoms with van der Waals surface area (Å²) in [6.45, 7) is 4.48. The molecule has 0 bridgehead atoms. The van der Waals surface area contributed by atoms with Gasteiger partial charge in [-0.3, -0.25) is 9.48 Å². The molecule has 0 aliphatic carbocycles. The van der Waals surface area contributed by atoms with Gasteiger partial charge in [0.15, 0.2) is 6.29 Å². The van der Waals surface area contributed by atoms with Gasteiger partial charge in [0.1, 0.15) is 0 Å². The molecular weight excluding hydrogens is 244 g/mol. The van der Waals surface area contributed by atoms with Crippen molar-refractivity contribution in [1.29, 1.82) is 0 Å². The average Bonchev–Trinajstić information content (AvgIpc) is 2.81. The predicted molar refractivity (Wildman–Crippen MR) is 65.5 cm³/mol. The van der Waals surface area contributed by atoms with Crippen LogP contribution in [0.25, 0.3) is 0 Å². The standard InChI is InChI=1S/C11H11ClN2OS/c1-7-11(12)8(2)14(13-7)4-9-3-10(5-15)16-6-9/h3,5-6H,4H2,1-2H3. The second kappa shape index (κ2) is 4.39. The summed E-state index contributed by atoms with van der Waals surface area (Å²) in [6, 6.07) is 1.88. The van der Waals surface area contributed by atoms with Gasteiger partial charge in [-0.15, -0.1) is 11.3 Å². The minimum atomic E-state index is 0.656. The lowest BCUT2D eigenvalue weighted by atomic mass is 10.3. The fourth-order valence-corrected chi connectivity index (χ4v) is 2.38. The Balaban J connectivity index is 2.26. The topological polar surface area (TPSA) is 34.9 Å². The van der Waals surface area contributed by atoms with Crippen LogP contribution in [-0.4, -0.2) is 16.1 Å². The van der Waals surface area contributed by atoms with Crippen molar-refractivity contribution in [1.82, 2.24) is 9.78 Å². The molecule has 16 heavy (non-hydrogen) atoms. The number of rotatable bonds is 3. The Kier molecular flexibility index (Phi) is 3.12. The number of carbonyl (C=O) groups excluding carboxylic acids is 1. The third-order valence-corrected chi connectivity index (χ3v) is 3.87. The molecular formula is C11H11ClN2OS. The fourth-order valence-electron chi connectivity index (χ4n) is 1.54. The summed E-state index contributed by atoms with van der Waals surface area (Å²) in [7, 11) is 0. The number of halogens is 1. The van der Waals surface area contributed by atoms with E-state index in [0.717, 1.165) is 28.1 Å². The van der Waals surface area contributed by atoms with Crippen molar-refractivity contribution >= 4 is 29.2 Å². The lowest BCUT2D eigenvalue weighted by Crippen LogP contribution is -2.02. The summed E-state index contributed by atoms with van der Waals surface area (Å²) in [6.07, 6.45) is 0.863. The molecule has 0 aromatic carbocycles. The van der Waals surface area contributed by atoms with Crippen molar-refractivity contribution in [3.63, 3.8) is 0 Å². The molecule has 0 amide bonds. The van der Waals surface area contributed by atoms with E-state index in [0.29, 0.717) is 11.6 Å². The zero-order chi connectivity index (χ0) is 11.7. The van der Waals surface area contributed by atoms with Crippen LogP contribution >= 0.6 is 22.9 Å². The van der Waals surface area contributed by atoms with Crippen molar-refractivity contribution < 1.29 is 4.79 Å². The molecule has 0 aliphatic heterocycles. The van der Waals surface area contributed by atoms with Gasteiger partial charge in [-0.05, 0) is 30.9 Å². The molecule has 2 rings (SSSR count). The quantitative estimate of drug-likeness (QED) is 0.789. The lowest BCUT2D eigenvalue weighted by molar-refractivity contribution is 0.112. The van der Waals surface area contributed by atoms with E-state index in [9.17, 15) is 4.79 Å². The minimum Gasteiger partial charge on any atom is -0.297 e. The third kappa shape index (κ3) is 2.03. The maximum Gasteiger partial charge on any atom is 0.160 e. The maximum absolute atomic E-state index is 10.6. The predicted octanol–water partition coefficient (Wildman–Crippen LogP) is 3.08. The SMILES string of the molecule is Cc1nn(Cc2csc(C=O)c2)c(C)c1Cl. The van der Waals surface area contributed by atoms with Crippen molar-refractivity contribution in [3.05, 3.63) is 38.3 Å². The van der Waals surface area contributed by atoms with Gasteiger partial charge in [0.2, 0.25) is 0 Å². The van der Waals surface area contributed by atoms with Crippen LogP contribution in [0.5, 0.6) is 0 Å². The van der Waals surface area contributed by atoms with Crippen LogP contribution in [-0.2, 0) is 6.54 Å². The Bertz CT molecular complexity index is 530. The van der Waals surface area contributed by atoms with Gasteiger partial charge >= 0.3 is 0 Å². The van der Waals surface area contributed by atoms with E-state index in [4.69, 9.17) is 11.6 Å². The molecule has 0 saturated carbocycles. The second-order valence-electron chi connectivity index (χ2n) is 3.62. The first-order valence-corrected chi connectivity index (χ1v) is 6.09. The fraction of sp³-hybridized carbons (Fsp3) is 0.273. The van der Waals surface area contributed by atoms with Crippen LogP contribution < -0.4 is 0 Å². The average molecular weight is 255 g/mol. The Morgan fingerprint density at radius 1 is 1.56 bits per heavy atom. The highest BCUT2D eigenvalue weighted by Crippen LogP contribution is 2.21. The molecule has 0 spiro atoms. The largest absolute Gasteiger partial charge is 0.297 e. The number of hydrogen-bond acceptors (Lipinski definition) is 3. The Morgan fingerprint density at radius 2 is 2.31 bits per heavy atom. The molecule has 84 valence electrons. The number of hydrogen-bond donors (Lipinski definition) is 0. The van der Waals surface area contributed by atoms with Crippen molar-refractivity contribution in [2.75, 3.05) is 0 Å². The first-order valence-electron chi connectivity index (χ1n) is 4.84. The molecule has 0 saturated heterocycles. The highest BCUT2D eigenvalue weighted by Gasteiger charge is 2.09. The van der Waals surface area contributed by atoms with Crippen molar-refractivity contribution in [2.24, 2.45) is 0 Å².